The van der Waals surface area contributed by atoms with Gasteiger partial charge in [0, 0.05) is 0 Å². The number of hydrogen-bond donors (Lipinski definition) is 1. The van der Waals surface area contributed by atoms with Gasteiger partial charge in [0.25, 0.3) is 5.91 Å². The maximum absolute atomic E-state index is 13.2. The molecule has 1 atom stereocenters. The van der Waals surface area contributed by atoms with Crippen molar-refractivity contribution in [3.05, 3.63) is 64.7 Å². The van der Waals surface area contributed by atoms with Gasteiger partial charge >= 0.3 is 6.03 Å². The molecule has 0 aromatic heterocycles. The Hall–Kier alpha value is -2.82. The smallest absolute Gasteiger partial charge is 0.325 e. The van der Waals surface area contributed by atoms with E-state index in [2.05, 4.69) is 5.32 Å². The highest BCUT2D eigenvalue weighted by Gasteiger charge is 2.51. The van der Waals surface area contributed by atoms with Crippen LogP contribution in [0, 0.1) is 13.8 Å². The Labute approximate surface area is 154 Å². The van der Waals surface area contributed by atoms with Crippen LogP contribution in [0.2, 0.25) is 0 Å². The largest absolute Gasteiger partial charge is 0.497 e. The normalized spacial score (nSPS) is 19.6. The Balaban J connectivity index is 1.94. The molecule has 0 bridgehead atoms. The van der Waals surface area contributed by atoms with Crippen LogP contribution in [0.5, 0.6) is 5.75 Å². The van der Waals surface area contributed by atoms with Crippen molar-refractivity contribution in [2.24, 2.45) is 0 Å². The third-order valence-corrected chi connectivity index (χ3v) is 5.12. The Bertz CT molecular complexity index is 845. The minimum atomic E-state index is -1.03. The van der Waals surface area contributed by atoms with Gasteiger partial charge in [0.2, 0.25) is 0 Å². The Morgan fingerprint density at radius 2 is 1.77 bits per heavy atom. The zero-order valence-electron chi connectivity index (χ0n) is 15.6. The average Bonchev–Trinajstić information content (AvgIpc) is 2.90. The summed E-state index contributed by atoms with van der Waals surface area (Å²) in [5.74, 6) is 0.500. The van der Waals surface area contributed by atoms with E-state index in [1.807, 2.05) is 51.1 Å². The molecule has 1 aliphatic heterocycles. The number of imide groups is 1. The number of nitrogens with zero attached hydrogens (tertiary/aromatic N) is 1. The molecular weight excluding hydrogens is 328 g/mol. The van der Waals surface area contributed by atoms with E-state index in [0.717, 1.165) is 22.3 Å². The molecule has 0 saturated carbocycles. The highest BCUT2D eigenvalue weighted by atomic mass is 16.5. The standard InChI is InChI=1S/C21H24N2O3/c1-5-21(17-8-10-18(26-4)11-9-17)19(24)23(20(25)22-21)13-16-12-14(2)6-7-15(16)3/h6-12H,5,13H2,1-4H3,(H,22,25)/t21-/m1/s1. The monoisotopic (exact) mass is 352 g/mol. The second kappa shape index (κ2) is 6.83. The molecule has 1 heterocycles. The van der Waals surface area contributed by atoms with Crippen LogP contribution in [0.25, 0.3) is 0 Å². The molecule has 1 fully saturated rings. The quantitative estimate of drug-likeness (QED) is 0.835. The number of carbonyl (C=O) groups excluding carboxylic acids is 2. The van der Waals surface area contributed by atoms with Gasteiger partial charge in [-0.1, -0.05) is 42.8 Å². The lowest BCUT2D eigenvalue weighted by atomic mass is 9.87. The molecule has 136 valence electrons. The zero-order chi connectivity index (χ0) is 18.9. The molecule has 0 aliphatic carbocycles. The van der Waals surface area contributed by atoms with Gasteiger partial charge < -0.3 is 10.1 Å². The highest BCUT2D eigenvalue weighted by Crippen LogP contribution is 2.34. The second-order valence-corrected chi connectivity index (χ2v) is 6.74. The third kappa shape index (κ3) is 2.94. The van der Waals surface area contributed by atoms with Crippen LogP contribution in [0.4, 0.5) is 4.79 Å². The van der Waals surface area contributed by atoms with Crippen molar-refractivity contribution in [3.63, 3.8) is 0 Å². The second-order valence-electron chi connectivity index (χ2n) is 6.74. The number of hydrogen-bond acceptors (Lipinski definition) is 3. The predicted molar refractivity (Wildman–Crippen MR) is 100.0 cm³/mol. The Kier molecular flexibility index (Phi) is 4.72. The lowest BCUT2D eigenvalue weighted by Gasteiger charge is -2.26. The fourth-order valence-corrected chi connectivity index (χ4v) is 3.43. The predicted octanol–water partition coefficient (Wildman–Crippen LogP) is 3.67. The van der Waals surface area contributed by atoms with E-state index >= 15 is 0 Å². The molecule has 0 unspecified atom stereocenters. The first-order valence-corrected chi connectivity index (χ1v) is 8.76. The Morgan fingerprint density at radius 3 is 2.38 bits per heavy atom. The molecule has 26 heavy (non-hydrogen) atoms. The Morgan fingerprint density at radius 1 is 1.08 bits per heavy atom. The van der Waals surface area contributed by atoms with Gasteiger partial charge in [-0.15, -0.1) is 0 Å². The number of ether oxygens (including phenoxy) is 1. The maximum atomic E-state index is 13.2. The summed E-state index contributed by atoms with van der Waals surface area (Å²) in [6.07, 6.45) is 0.479. The number of carbonyl (C=O) groups is 2. The third-order valence-electron chi connectivity index (χ3n) is 5.12. The highest BCUT2D eigenvalue weighted by molar-refractivity contribution is 6.07. The molecule has 1 aliphatic rings. The van der Waals surface area contributed by atoms with Gasteiger partial charge in [-0.3, -0.25) is 9.69 Å². The van der Waals surface area contributed by atoms with Gasteiger partial charge in [0.1, 0.15) is 11.3 Å². The fourth-order valence-electron chi connectivity index (χ4n) is 3.43. The summed E-state index contributed by atoms with van der Waals surface area (Å²) in [4.78, 5) is 27.2. The van der Waals surface area contributed by atoms with Gasteiger partial charge in [-0.2, -0.15) is 0 Å². The first-order valence-electron chi connectivity index (χ1n) is 8.76. The lowest BCUT2D eigenvalue weighted by Crippen LogP contribution is -2.43. The van der Waals surface area contributed by atoms with Crippen LogP contribution >= 0.6 is 0 Å². The van der Waals surface area contributed by atoms with Crippen molar-refractivity contribution in [2.45, 2.75) is 39.3 Å². The number of nitrogens with one attached hydrogen (secondary N) is 1. The van der Waals surface area contributed by atoms with E-state index in [9.17, 15) is 9.59 Å². The molecule has 5 heteroatoms. The van der Waals surface area contributed by atoms with Gasteiger partial charge in [-0.05, 0) is 49.1 Å². The van der Waals surface area contributed by atoms with Crippen LogP contribution in [0.1, 0.15) is 35.6 Å². The van der Waals surface area contributed by atoms with Crippen molar-refractivity contribution in [3.8, 4) is 5.75 Å². The molecule has 3 amide bonds. The van der Waals surface area contributed by atoms with Gasteiger partial charge in [0.05, 0.1) is 13.7 Å². The first-order chi connectivity index (χ1) is 12.4. The minimum Gasteiger partial charge on any atom is -0.497 e. The first kappa shape index (κ1) is 18.0. The molecule has 5 nitrogen and oxygen atoms in total. The molecule has 1 saturated heterocycles. The van der Waals surface area contributed by atoms with Crippen LogP contribution < -0.4 is 10.1 Å². The topological polar surface area (TPSA) is 58.6 Å². The van der Waals surface area contributed by atoms with Crippen LogP contribution in [-0.2, 0) is 16.9 Å². The molecule has 2 aromatic carbocycles. The van der Waals surface area contributed by atoms with E-state index in [1.165, 1.54) is 4.90 Å². The summed E-state index contributed by atoms with van der Waals surface area (Å²) < 4.78 is 5.19. The van der Waals surface area contributed by atoms with Crippen molar-refractivity contribution < 1.29 is 14.3 Å². The summed E-state index contributed by atoms with van der Waals surface area (Å²) >= 11 is 0. The van der Waals surface area contributed by atoms with E-state index in [-0.39, 0.29) is 18.5 Å². The van der Waals surface area contributed by atoms with E-state index in [1.54, 1.807) is 19.2 Å². The van der Waals surface area contributed by atoms with Crippen molar-refractivity contribution in [1.29, 1.82) is 0 Å². The van der Waals surface area contributed by atoms with Crippen molar-refractivity contribution >= 4 is 11.9 Å². The summed E-state index contributed by atoms with van der Waals surface area (Å²) in [6.45, 7) is 6.17. The number of benzene rings is 2. The maximum Gasteiger partial charge on any atom is 0.325 e. The summed E-state index contributed by atoms with van der Waals surface area (Å²) in [6, 6.07) is 13.0. The molecular formula is C21H24N2O3. The number of urea groups is 1. The number of amides is 3. The summed E-state index contributed by atoms with van der Waals surface area (Å²) in [7, 11) is 1.60. The van der Waals surface area contributed by atoms with E-state index < -0.39 is 5.54 Å². The fraction of sp³-hybridized carbons (Fsp3) is 0.333. The van der Waals surface area contributed by atoms with Crippen LogP contribution in [0.15, 0.2) is 42.5 Å². The number of rotatable bonds is 5. The van der Waals surface area contributed by atoms with Gasteiger partial charge in [0.15, 0.2) is 0 Å². The molecule has 2 aromatic rings. The summed E-state index contributed by atoms with van der Waals surface area (Å²) in [5.41, 5.74) is 2.89. The van der Waals surface area contributed by atoms with Crippen molar-refractivity contribution in [2.75, 3.05) is 7.11 Å². The lowest BCUT2D eigenvalue weighted by molar-refractivity contribution is -0.132. The zero-order valence-corrected chi connectivity index (χ0v) is 15.6. The van der Waals surface area contributed by atoms with Crippen LogP contribution in [-0.4, -0.2) is 23.9 Å². The molecule has 0 spiro atoms. The summed E-state index contributed by atoms with van der Waals surface area (Å²) in [5, 5.41) is 2.92. The molecule has 0 radical (unpaired) electrons. The molecule has 1 N–H and O–H groups in total. The van der Waals surface area contributed by atoms with Crippen molar-refractivity contribution in [1.82, 2.24) is 10.2 Å². The average molecular weight is 352 g/mol. The minimum absolute atomic E-state index is 0.212. The van der Waals surface area contributed by atoms with E-state index in [0.29, 0.717) is 12.2 Å². The van der Waals surface area contributed by atoms with Gasteiger partial charge in [-0.25, -0.2) is 4.79 Å². The number of methoxy groups -OCH3 is 1. The van der Waals surface area contributed by atoms with E-state index in [4.69, 9.17) is 4.74 Å². The molecule has 3 rings (SSSR count). The SMILES string of the molecule is CC[C@]1(c2ccc(OC)cc2)NC(=O)N(Cc2cc(C)ccc2C)C1=O. The van der Waals surface area contributed by atoms with Crippen LogP contribution in [0.3, 0.4) is 0 Å². The number of aryl methyl sites for hydroxylation is 2.